The van der Waals surface area contributed by atoms with Gasteiger partial charge in [0.1, 0.15) is 11.3 Å². The van der Waals surface area contributed by atoms with Gasteiger partial charge in [0.2, 0.25) is 0 Å². The van der Waals surface area contributed by atoms with Gasteiger partial charge in [-0.05, 0) is 43.5 Å². The van der Waals surface area contributed by atoms with Crippen molar-refractivity contribution in [3.8, 4) is 0 Å². The van der Waals surface area contributed by atoms with E-state index in [0.717, 1.165) is 29.1 Å². The van der Waals surface area contributed by atoms with Crippen molar-refractivity contribution in [2.75, 3.05) is 0 Å². The van der Waals surface area contributed by atoms with Crippen molar-refractivity contribution in [1.29, 1.82) is 0 Å². The van der Waals surface area contributed by atoms with E-state index in [0.29, 0.717) is 5.92 Å². The van der Waals surface area contributed by atoms with E-state index in [1.807, 2.05) is 0 Å². The Morgan fingerprint density at radius 3 is 2.13 bits per heavy atom. The Hall–Kier alpha value is -2.62. The molecule has 0 aromatic carbocycles. The van der Waals surface area contributed by atoms with E-state index < -0.39 is 0 Å². The Morgan fingerprint density at radius 1 is 0.913 bits per heavy atom. The molecule has 1 atom stereocenters. The Bertz CT molecular complexity index is 993. The highest BCUT2D eigenvalue weighted by atomic mass is 15.0. The van der Waals surface area contributed by atoms with Crippen molar-refractivity contribution in [3.05, 3.63) is 71.6 Å². The predicted octanol–water partition coefficient (Wildman–Crippen LogP) is 3.95. The lowest BCUT2D eigenvalue weighted by Crippen LogP contribution is -1.99. The molecule has 1 unspecified atom stereocenters. The summed E-state index contributed by atoms with van der Waals surface area (Å²) in [4.78, 5) is 9.59. The molecule has 4 aromatic heterocycles. The van der Waals surface area contributed by atoms with Crippen LogP contribution in [0, 0.1) is 13.8 Å². The largest absolute Gasteiger partial charge is 0.307 e. The molecule has 0 aliphatic carbocycles. The van der Waals surface area contributed by atoms with Crippen LogP contribution < -0.4 is 0 Å². The van der Waals surface area contributed by atoms with Crippen molar-refractivity contribution >= 4 is 11.3 Å². The van der Waals surface area contributed by atoms with E-state index >= 15 is 0 Å². The van der Waals surface area contributed by atoms with E-state index in [1.54, 1.807) is 0 Å². The van der Waals surface area contributed by atoms with Gasteiger partial charge in [-0.3, -0.25) is 0 Å². The molecule has 4 rings (SSSR count). The van der Waals surface area contributed by atoms with Gasteiger partial charge in [-0.1, -0.05) is 19.1 Å². The maximum Gasteiger partial charge on any atom is 0.139 e. The van der Waals surface area contributed by atoms with Crippen LogP contribution in [0.3, 0.4) is 0 Å². The number of nitrogens with zero attached hydrogens (tertiary/aromatic N) is 4. The lowest BCUT2D eigenvalue weighted by atomic mass is 10.0. The van der Waals surface area contributed by atoms with Gasteiger partial charge in [-0.25, -0.2) is 9.97 Å². The van der Waals surface area contributed by atoms with Crippen LogP contribution >= 0.6 is 0 Å². The molecule has 4 nitrogen and oxygen atoms in total. The van der Waals surface area contributed by atoms with Gasteiger partial charge < -0.3 is 8.80 Å². The van der Waals surface area contributed by atoms with Crippen LogP contribution in [-0.2, 0) is 6.42 Å². The lowest BCUT2D eigenvalue weighted by Gasteiger charge is -2.05. The monoisotopic (exact) mass is 304 g/mol. The lowest BCUT2D eigenvalue weighted by molar-refractivity contribution is 0.725. The summed E-state index contributed by atoms with van der Waals surface area (Å²) in [5.74, 6) is 0.333. The van der Waals surface area contributed by atoms with Gasteiger partial charge in [-0.2, -0.15) is 0 Å². The predicted molar refractivity (Wildman–Crippen MR) is 92.0 cm³/mol. The summed E-state index contributed by atoms with van der Waals surface area (Å²) in [5, 5.41) is 0. The molecule has 116 valence electrons. The molecular formula is C19H20N4. The second kappa shape index (κ2) is 5.23. The second-order valence-corrected chi connectivity index (χ2v) is 6.35. The molecule has 0 spiro atoms. The minimum atomic E-state index is 0.333. The molecule has 0 fully saturated rings. The van der Waals surface area contributed by atoms with E-state index in [9.17, 15) is 0 Å². The highest BCUT2D eigenvalue weighted by molar-refractivity contribution is 5.49. The van der Waals surface area contributed by atoms with Gasteiger partial charge in [-0.15, -0.1) is 0 Å². The van der Waals surface area contributed by atoms with Crippen molar-refractivity contribution in [3.63, 3.8) is 0 Å². The maximum atomic E-state index is 4.81. The van der Waals surface area contributed by atoms with Crippen molar-refractivity contribution in [2.45, 2.75) is 33.1 Å². The standard InChI is InChI=1S/C19H20N4/c1-13-6-4-8-22-11-16(20-18(13)22)10-15(3)17-12-23-9-5-7-14(2)19(23)21-17/h4-9,11-12,15H,10H2,1-3H3. The topological polar surface area (TPSA) is 34.6 Å². The summed E-state index contributed by atoms with van der Waals surface area (Å²) in [6.45, 7) is 6.41. The molecule has 4 heteroatoms. The Morgan fingerprint density at radius 2 is 1.52 bits per heavy atom. The van der Waals surface area contributed by atoms with Gasteiger partial charge in [0.05, 0.1) is 11.4 Å². The van der Waals surface area contributed by atoms with Gasteiger partial charge in [0, 0.05) is 30.7 Å². The fourth-order valence-corrected chi connectivity index (χ4v) is 3.13. The zero-order valence-electron chi connectivity index (χ0n) is 13.7. The number of fused-ring (bicyclic) bond motifs is 2. The highest BCUT2D eigenvalue weighted by Crippen LogP contribution is 2.22. The Balaban J connectivity index is 1.66. The first-order valence-corrected chi connectivity index (χ1v) is 7.99. The molecule has 0 aliphatic rings. The zero-order chi connectivity index (χ0) is 16.0. The summed E-state index contributed by atoms with van der Waals surface area (Å²) in [7, 11) is 0. The van der Waals surface area contributed by atoms with Crippen LogP contribution in [0.1, 0.15) is 35.4 Å². The molecule has 0 amide bonds. The average Bonchev–Trinajstić information content (AvgIpc) is 3.12. The average molecular weight is 304 g/mol. The van der Waals surface area contributed by atoms with Crippen molar-refractivity contribution in [2.24, 2.45) is 0 Å². The summed E-state index contributed by atoms with van der Waals surface area (Å²) in [5.41, 5.74) is 6.72. The fraction of sp³-hybridized carbons (Fsp3) is 0.263. The van der Waals surface area contributed by atoms with Crippen LogP contribution in [0.25, 0.3) is 11.3 Å². The van der Waals surface area contributed by atoms with Gasteiger partial charge in [0.15, 0.2) is 0 Å². The van der Waals surface area contributed by atoms with E-state index in [1.165, 1.54) is 11.1 Å². The minimum Gasteiger partial charge on any atom is -0.307 e. The molecule has 0 bridgehead atoms. The number of hydrogen-bond donors (Lipinski definition) is 0. The van der Waals surface area contributed by atoms with Crippen molar-refractivity contribution < 1.29 is 0 Å². The first-order chi connectivity index (χ1) is 11.1. The summed E-state index contributed by atoms with van der Waals surface area (Å²) < 4.78 is 4.21. The van der Waals surface area contributed by atoms with Gasteiger partial charge in [0.25, 0.3) is 0 Å². The Labute approximate surface area is 135 Å². The first-order valence-electron chi connectivity index (χ1n) is 7.99. The number of aromatic nitrogens is 4. The molecule has 4 heterocycles. The van der Waals surface area contributed by atoms with E-state index in [-0.39, 0.29) is 0 Å². The Kier molecular flexibility index (Phi) is 3.18. The highest BCUT2D eigenvalue weighted by Gasteiger charge is 2.14. The number of pyridine rings is 2. The van der Waals surface area contributed by atoms with Crippen LogP contribution in [0.4, 0.5) is 0 Å². The maximum absolute atomic E-state index is 4.81. The quantitative estimate of drug-likeness (QED) is 0.574. The smallest absolute Gasteiger partial charge is 0.139 e. The third-order valence-electron chi connectivity index (χ3n) is 4.44. The van der Waals surface area contributed by atoms with Crippen molar-refractivity contribution in [1.82, 2.24) is 18.8 Å². The molecule has 0 saturated heterocycles. The van der Waals surface area contributed by atoms with Crippen LogP contribution in [0.2, 0.25) is 0 Å². The third-order valence-corrected chi connectivity index (χ3v) is 4.44. The number of aryl methyl sites for hydroxylation is 2. The van der Waals surface area contributed by atoms with Crippen LogP contribution in [-0.4, -0.2) is 18.8 Å². The molecule has 0 saturated carbocycles. The second-order valence-electron chi connectivity index (χ2n) is 6.35. The number of hydrogen-bond acceptors (Lipinski definition) is 2. The van der Waals surface area contributed by atoms with E-state index in [4.69, 9.17) is 9.97 Å². The molecule has 4 aromatic rings. The summed E-state index contributed by atoms with van der Waals surface area (Å²) in [6.07, 6.45) is 9.26. The molecule has 23 heavy (non-hydrogen) atoms. The van der Waals surface area contributed by atoms with Crippen LogP contribution in [0.5, 0.6) is 0 Å². The molecule has 0 aliphatic heterocycles. The van der Waals surface area contributed by atoms with Gasteiger partial charge >= 0.3 is 0 Å². The first kappa shape index (κ1) is 14.0. The fourth-order valence-electron chi connectivity index (χ4n) is 3.13. The number of imidazole rings is 2. The van der Waals surface area contributed by atoms with E-state index in [2.05, 4.69) is 78.6 Å². The SMILES string of the molecule is Cc1cccn2cc(CC(C)c3cn4cccc(C)c4n3)nc12. The zero-order valence-corrected chi connectivity index (χ0v) is 13.7. The molecular weight excluding hydrogens is 284 g/mol. The molecule has 0 radical (unpaired) electrons. The summed E-state index contributed by atoms with van der Waals surface area (Å²) in [6, 6.07) is 8.31. The normalized spacial score (nSPS) is 13.0. The minimum absolute atomic E-state index is 0.333. The summed E-state index contributed by atoms with van der Waals surface area (Å²) >= 11 is 0. The van der Waals surface area contributed by atoms with Crippen LogP contribution in [0.15, 0.2) is 49.1 Å². The third kappa shape index (κ3) is 2.40. The number of rotatable bonds is 3. The molecule has 0 N–H and O–H groups in total.